The molecule has 3 aromatic rings. The third-order valence-electron chi connectivity index (χ3n) is 4.18. The average molecular weight is 378 g/mol. The molecule has 1 heterocycles. The van der Waals surface area contributed by atoms with Crippen LogP contribution in [0.3, 0.4) is 0 Å². The largest absolute Gasteiger partial charge is 0.352 e. The lowest BCUT2D eigenvalue weighted by Gasteiger charge is -2.07. The molecule has 0 fully saturated rings. The van der Waals surface area contributed by atoms with Gasteiger partial charge in [-0.15, -0.1) is 0 Å². The van der Waals surface area contributed by atoms with Crippen molar-refractivity contribution >= 4 is 11.8 Å². The first kappa shape index (κ1) is 19.3. The van der Waals surface area contributed by atoms with Gasteiger partial charge in [0.25, 0.3) is 5.91 Å². The summed E-state index contributed by atoms with van der Waals surface area (Å²) >= 11 is 0. The van der Waals surface area contributed by atoms with Crippen molar-refractivity contribution in [2.75, 3.05) is 6.54 Å². The molecule has 0 aliphatic heterocycles. The average Bonchev–Trinajstić information content (AvgIpc) is 3.14. The van der Waals surface area contributed by atoms with Gasteiger partial charge in [0.1, 0.15) is 0 Å². The number of hydrogen-bond acceptors (Lipinski definition) is 5. The quantitative estimate of drug-likeness (QED) is 0.659. The summed E-state index contributed by atoms with van der Waals surface area (Å²) in [7, 11) is 0. The molecule has 0 bridgehead atoms. The first-order valence-corrected chi connectivity index (χ1v) is 9.02. The summed E-state index contributed by atoms with van der Waals surface area (Å²) in [4.78, 5) is 28.3. The molecule has 0 spiro atoms. The summed E-state index contributed by atoms with van der Waals surface area (Å²) in [5, 5.41) is 9.44. The normalized spacial score (nSPS) is 10.5. The molecule has 2 amide bonds. The molecule has 1 aromatic heterocycles. The van der Waals surface area contributed by atoms with Gasteiger partial charge in [-0.25, -0.2) is 0 Å². The van der Waals surface area contributed by atoms with Crippen LogP contribution >= 0.6 is 0 Å². The zero-order valence-electron chi connectivity index (χ0n) is 15.9. The third kappa shape index (κ3) is 5.26. The topological polar surface area (TPSA) is 97.1 Å². The smallest absolute Gasteiger partial charge is 0.251 e. The van der Waals surface area contributed by atoms with Gasteiger partial charge in [0.2, 0.25) is 17.6 Å². The molecule has 2 aromatic carbocycles. The Balaban J connectivity index is 1.42. The van der Waals surface area contributed by atoms with Crippen molar-refractivity contribution in [2.45, 2.75) is 26.8 Å². The highest BCUT2D eigenvalue weighted by molar-refractivity contribution is 5.94. The van der Waals surface area contributed by atoms with Gasteiger partial charge in [0, 0.05) is 37.6 Å². The molecular weight excluding hydrogens is 356 g/mol. The van der Waals surface area contributed by atoms with E-state index in [4.69, 9.17) is 4.52 Å². The Labute approximate surface area is 163 Å². The number of carbonyl (C=O) groups excluding carboxylic acids is 2. The minimum Gasteiger partial charge on any atom is -0.352 e. The number of nitrogens with one attached hydrogen (secondary N) is 2. The van der Waals surface area contributed by atoms with Crippen LogP contribution in [0, 0.1) is 13.8 Å². The molecule has 28 heavy (non-hydrogen) atoms. The fourth-order valence-electron chi connectivity index (χ4n) is 2.57. The van der Waals surface area contributed by atoms with E-state index in [0.29, 0.717) is 23.8 Å². The van der Waals surface area contributed by atoms with Crippen LogP contribution in [0.4, 0.5) is 0 Å². The van der Waals surface area contributed by atoms with E-state index in [-0.39, 0.29) is 24.8 Å². The summed E-state index contributed by atoms with van der Waals surface area (Å²) in [6.07, 6.45) is 0.220. The highest BCUT2D eigenvalue weighted by Gasteiger charge is 2.09. The molecule has 0 atom stereocenters. The van der Waals surface area contributed by atoms with Gasteiger partial charge in [-0.2, -0.15) is 4.98 Å². The van der Waals surface area contributed by atoms with Crippen molar-refractivity contribution in [1.29, 1.82) is 0 Å². The van der Waals surface area contributed by atoms with Gasteiger partial charge in [-0.05, 0) is 24.6 Å². The zero-order valence-corrected chi connectivity index (χ0v) is 15.9. The van der Waals surface area contributed by atoms with Crippen LogP contribution < -0.4 is 10.6 Å². The van der Waals surface area contributed by atoms with Gasteiger partial charge in [0.15, 0.2) is 0 Å². The minimum absolute atomic E-state index is 0.108. The SMILES string of the molecule is Cc1ccc(CNC(=O)CCNC(=O)c2ccc(-c3noc(C)n3)cc2)cc1. The Morgan fingerprint density at radius 1 is 0.964 bits per heavy atom. The van der Waals surface area contributed by atoms with Crippen LogP contribution in [0.5, 0.6) is 0 Å². The molecule has 0 saturated heterocycles. The molecule has 0 aliphatic rings. The Bertz CT molecular complexity index is 947. The summed E-state index contributed by atoms with van der Waals surface area (Å²) in [6, 6.07) is 14.9. The van der Waals surface area contributed by atoms with Crippen molar-refractivity contribution in [2.24, 2.45) is 0 Å². The molecule has 7 nitrogen and oxygen atoms in total. The van der Waals surface area contributed by atoms with Crippen molar-refractivity contribution < 1.29 is 14.1 Å². The van der Waals surface area contributed by atoms with E-state index in [2.05, 4.69) is 20.8 Å². The Kier molecular flexibility index (Phi) is 6.16. The lowest BCUT2D eigenvalue weighted by Crippen LogP contribution is -2.30. The minimum atomic E-state index is -0.234. The number of nitrogens with zero attached hydrogens (tertiary/aromatic N) is 2. The highest BCUT2D eigenvalue weighted by Crippen LogP contribution is 2.16. The Morgan fingerprint density at radius 3 is 2.32 bits per heavy atom. The van der Waals surface area contributed by atoms with Crippen LogP contribution in [-0.2, 0) is 11.3 Å². The van der Waals surface area contributed by atoms with Gasteiger partial charge in [-0.1, -0.05) is 47.1 Å². The second-order valence-electron chi connectivity index (χ2n) is 6.48. The maximum atomic E-state index is 12.2. The predicted molar refractivity (Wildman–Crippen MR) is 104 cm³/mol. The number of amides is 2. The van der Waals surface area contributed by atoms with Gasteiger partial charge >= 0.3 is 0 Å². The lowest BCUT2D eigenvalue weighted by molar-refractivity contribution is -0.121. The second kappa shape index (κ2) is 8.94. The van der Waals surface area contributed by atoms with Crippen molar-refractivity contribution in [3.8, 4) is 11.4 Å². The van der Waals surface area contributed by atoms with Crippen molar-refractivity contribution in [3.63, 3.8) is 0 Å². The summed E-state index contributed by atoms with van der Waals surface area (Å²) < 4.78 is 4.95. The lowest BCUT2D eigenvalue weighted by atomic mass is 10.1. The van der Waals surface area contributed by atoms with Crippen molar-refractivity contribution in [1.82, 2.24) is 20.8 Å². The van der Waals surface area contributed by atoms with Crippen LogP contribution in [0.1, 0.15) is 33.8 Å². The van der Waals surface area contributed by atoms with E-state index in [1.807, 2.05) is 31.2 Å². The summed E-state index contributed by atoms with van der Waals surface area (Å²) in [5.74, 6) is 0.623. The van der Waals surface area contributed by atoms with E-state index < -0.39 is 0 Å². The maximum Gasteiger partial charge on any atom is 0.251 e. The molecule has 7 heteroatoms. The van der Waals surface area contributed by atoms with Crippen LogP contribution in [-0.4, -0.2) is 28.5 Å². The molecule has 144 valence electrons. The molecular formula is C21H22N4O3. The Hall–Kier alpha value is -3.48. The summed E-state index contributed by atoms with van der Waals surface area (Å²) in [6.45, 7) is 4.48. The number of hydrogen-bond donors (Lipinski definition) is 2. The van der Waals surface area contributed by atoms with Gasteiger partial charge < -0.3 is 15.2 Å². The summed E-state index contributed by atoms with van der Waals surface area (Å²) in [5.41, 5.74) is 3.49. The van der Waals surface area contributed by atoms with Crippen LogP contribution in [0.25, 0.3) is 11.4 Å². The maximum absolute atomic E-state index is 12.2. The number of benzene rings is 2. The van der Waals surface area contributed by atoms with E-state index in [1.165, 1.54) is 5.56 Å². The van der Waals surface area contributed by atoms with E-state index >= 15 is 0 Å². The number of carbonyl (C=O) groups is 2. The molecule has 0 unspecified atom stereocenters. The number of rotatable bonds is 7. The van der Waals surface area contributed by atoms with E-state index in [1.54, 1.807) is 31.2 Å². The van der Waals surface area contributed by atoms with Crippen LogP contribution in [0.15, 0.2) is 53.1 Å². The van der Waals surface area contributed by atoms with Crippen molar-refractivity contribution in [3.05, 3.63) is 71.1 Å². The molecule has 2 N–H and O–H groups in total. The van der Waals surface area contributed by atoms with Gasteiger partial charge in [0.05, 0.1) is 0 Å². The molecule has 0 saturated carbocycles. The number of aromatic nitrogens is 2. The van der Waals surface area contributed by atoms with E-state index in [9.17, 15) is 9.59 Å². The second-order valence-corrected chi connectivity index (χ2v) is 6.48. The first-order valence-electron chi connectivity index (χ1n) is 9.02. The molecule has 3 rings (SSSR count). The highest BCUT2D eigenvalue weighted by atomic mass is 16.5. The standard InChI is InChI=1S/C21H22N4O3/c1-14-3-5-16(6-4-14)13-23-19(26)11-12-22-21(27)18-9-7-17(8-10-18)20-24-15(2)28-25-20/h3-10H,11-13H2,1-2H3,(H,22,27)(H,23,26). The molecule has 0 radical (unpaired) electrons. The fourth-order valence-corrected chi connectivity index (χ4v) is 2.57. The van der Waals surface area contributed by atoms with E-state index in [0.717, 1.165) is 11.1 Å². The molecule has 0 aliphatic carbocycles. The predicted octanol–water partition coefficient (Wildman–Crippen LogP) is 2.79. The first-order chi connectivity index (χ1) is 13.5. The van der Waals surface area contributed by atoms with Crippen LogP contribution in [0.2, 0.25) is 0 Å². The van der Waals surface area contributed by atoms with Gasteiger partial charge in [-0.3, -0.25) is 9.59 Å². The fraction of sp³-hybridized carbons (Fsp3) is 0.238. The number of aryl methyl sites for hydroxylation is 2. The zero-order chi connectivity index (χ0) is 19.9. The monoisotopic (exact) mass is 378 g/mol. The Morgan fingerprint density at radius 2 is 1.68 bits per heavy atom. The third-order valence-corrected chi connectivity index (χ3v) is 4.18.